The van der Waals surface area contributed by atoms with Crippen LogP contribution in [0.2, 0.25) is 0 Å². The molecule has 2 aromatic rings. The highest BCUT2D eigenvalue weighted by Crippen LogP contribution is 2.29. The molecule has 2 amide bonds. The van der Waals surface area contributed by atoms with E-state index in [2.05, 4.69) is 14.5 Å². The number of carbonyl (C=O) groups is 2. The van der Waals surface area contributed by atoms with Gasteiger partial charge in [0.05, 0.1) is 18.2 Å². The molecule has 2 aromatic heterocycles. The van der Waals surface area contributed by atoms with Crippen LogP contribution >= 0.6 is 0 Å². The maximum Gasteiger partial charge on any atom is 0.227 e. The Morgan fingerprint density at radius 2 is 2.00 bits per heavy atom. The van der Waals surface area contributed by atoms with Crippen molar-refractivity contribution in [2.24, 2.45) is 5.92 Å². The Labute approximate surface area is 159 Å². The van der Waals surface area contributed by atoms with Crippen LogP contribution in [0.4, 0.5) is 0 Å². The molecule has 1 unspecified atom stereocenters. The van der Waals surface area contributed by atoms with Crippen LogP contribution in [-0.2, 0) is 16.1 Å². The van der Waals surface area contributed by atoms with E-state index in [-0.39, 0.29) is 17.7 Å². The number of carbonyl (C=O) groups excluding carboxylic acids is 2. The van der Waals surface area contributed by atoms with E-state index in [0.717, 1.165) is 37.4 Å². The summed E-state index contributed by atoms with van der Waals surface area (Å²) in [6.07, 6.45) is 7.81. The summed E-state index contributed by atoms with van der Waals surface area (Å²) in [6.45, 7) is 2.72. The first-order valence-corrected chi connectivity index (χ1v) is 9.55. The normalized spacial score (nSPS) is 21.1. The number of nitrogens with zero attached hydrogens (tertiary/aromatic N) is 5. The molecule has 0 aliphatic carbocycles. The van der Waals surface area contributed by atoms with Gasteiger partial charge in [0.15, 0.2) is 0 Å². The van der Waals surface area contributed by atoms with Gasteiger partial charge < -0.3 is 14.4 Å². The molecule has 27 heavy (non-hydrogen) atoms. The highest BCUT2D eigenvalue weighted by Gasteiger charge is 2.36. The van der Waals surface area contributed by atoms with Crippen molar-refractivity contribution in [3.8, 4) is 0 Å². The summed E-state index contributed by atoms with van der Waals surface area (Å²) in [7, 11) is 1.77. The highest BCUT2D eigenvalue weighted by molar-refractivity contribution is 5.89. The molecule has 2 saturated heterocycles. The van der Waals surface area contributed by atoms with Crippen LogP contribution in [-0.4, -0.2) is 62.8 Å². The minimum Gasteiger partial charge on any atom is -0.345 e. The lowest BCUT2D eigenvalue weighted by Gasteiger charge is -2.33. The third kappa shape index (κ3) is 3.72. The Morgan fingerprint density at radius 3 is 2.67 bits per heavy atom. The number of amides is 2. The smallest absolute Gasteiger partial charge is 0.227 e. The second-order valence-corrected chi connectivity index (χ2v) is 7.51. The predicted octanol–water partition coefficient (Wildman–Crippen LogP) is 1.51. The van der Waals surface area contributed by atoms with E-state index in [9.17, 15) is 9.59 Å². The third-order valence-electron chi connectivity index (χ3n) is 5.67. The van der Waals surface area contributed by atoms with Gasteiger partial charge in [-0.05, 0) is 25.0 Å². The number of aromatic nitrogens is 3. The molecule has 0 N–H and O–H groups in total. The molecule has 0 saturated carbocycles. The predicted molar refractivity (Wildman–Crippen MR) is 99.9 cm³/mol. The molecule has 2 aliphatic heterocycles. The molecule has 7 nitrogen and oxygen atoms in total. The van der Waals surface area contributed by atoms with Crippen LogP contribution in [0.25, 0.3) is 0 Å². The van der Waals surface area contributed by atoms with Gasteiger partial charge in [0.1, 0.15) is 5.82 Å². The molecule has 0 bridgehead atoms. The fourth-order valence-corrected chi connectivity index (χ4v) is 4.13. The Morgan fingerprint density at radius 1 is 1.19 bits per heavy atom. The van der Waals surface area contributed by atoms with E-state index in [1.807, 2.05) is 35.5 Å². The van der Waals surface area contributed by atoms with E-state index in [0.29, 0.717) is 25.4 Å². The number of piperidine rings is 1. The zero-order chi connectivity index (χ0) is 18.8. The van der Waals surface area contributed by atoms with Gasteiger partial charge in [-0.25, -0.2) is 4.98 Å². The lowest BCUT2D eigenvalue weighted by atomic mass is 9.94. The number of imidazole rings is 1. The minimum absolute atomic E-state index is 0.0692. The lowest BCUT2D eigenvalue weighted by Crippen LogP contribution is -2.42. The van der Waals surface area contributed by atoms with Crippen molar-refractivity contribution in [3.05, 3.63) is 48.3 Å². The standard InChI is InChI=1S/C20H25N5O2/c1-23-13-16(12-18(23)26)20(27)24-9-5-15(6-10-24)19-22-8-11-25(19)14-17-4-2-3-7-21-17/h2-4,7-8,11,15-16H,5-6,9-10,12-14H2,1H3. The average Bonchev–Trinajstić information content (AvgIpc) is 3.29. The molecule has 2 fully saturated rings. The van der Waals surface area contributed by atoms with Gasteiger partial charge in [0.2, 0.25) is 11.8 Å². The van der Waals surface area contributed by atoms with Crippen molar-refractivity contribution in [1.29, 1.82) is 0 Å². The van der Waals surface area contributed by atoms with Gasteiger partial charge in [0, 0.05) is 57.6 Å². The molecule has 142 valence electrons. The molecule has 1 atom stereocenters. The Balaban J connectivity index is 1.37. The number of rotatable bonds is 4. The maximum absolute atomic E-state index is 12.7. The third-order valence-corrected chi connectivity index (χ3v) is 5.67. The fourth-order valence-electron chi connectivity index (χ4n) is 4.13. The van der Waals surface area contributed by atoms with E-state index in [1.165, 1.54) is 0 Å². The molecule has 4 heterocycles. The molecular weight excluding hydrogens is 342 g/mol. The van der Waals surface area contributed by atoms with Crippen LogP contribution in [0.15, 0.2) is 36.8 Å². The zero-order valence-electron chi connectivity index (χ0n) is 15.6. The molecule has 2 aliphatic rings. The molecule has 4 rings (SSSR count). The van der Waals surface area contributed by atoms with Crippen molar-refractivity contribution < 1.29 is 9.59 Å². The fraction of sp³-hybridized carbons (Fsp3) is 0.500. The van der Waals surface area contributed by atoms with Crippen molar-refractivity contribution in [1.82, 2.24) is 24.3 Å². The first-order valence-electron chi connectivity index (χ1n) is 9.55. The second-order valence-electron chi connectivity index (χ2n) is 7.51. The maximum atomic E-state index is 12.7. The quantitative estimate of drug-likeness (QED) is 0.821. The summed E-state index contributed by atoms with van der Waals surface area (Å²) in [6, 6.07) is 5.93. The lowest BCUT2D eigenvalue weighted by molar-refractivity contribution is -0.136. The largest absolute Gasteiger partial charge is 0.345 e. The Kier molecular flexibility index (Phi) is 4.92. The summed E-state index contributed by atoms with van der Waals surface area (Å²) in [5, 5.41) is 0. The van der Waals surface area contributed by atoms with E-state index >= 15 is 0 Å². The van der Waals surface area contributed by atoms with E-state index in [4.69, 9.17) is 0 Å². The molecule has 0 spiro atoms. The van der Waals surface area contributed by atoms with Gasteiger partial charge in [-0.15, -0.1) is 0 Å². The van der Waals surface area contributed by atoms with Crippen molar-refractivity contribution in [2.45, 2.75) is 31.7 Å². The van der Waals surface area contributed by atoms with Gasteiger partial charge in [-0.3, -0.25) is 14.6 Å². The number of hydrogen-bond donors (Lipinski definition) is 0. The van der Waals surface area contributed by atoms with Crippen LogP contribution in [0, 0.1) is 5.92 Å². The second kappa shape index (κ2) is 7.50. The van der Waals surface area contributed by atoms with E-state index < -0.39 is 0 Å². The van der Waals surface area contributed by atoms with Crippen LogP contribution in [0.5, 0.6) is 0 Å². The topological polar surface area (TPSA) is 71.3 Å². The summed E-state index contributed by atoms with van der Waals surface area (Å²) >= 11 is 0. The molecule has 0 radical (unpaired) electrons. The van der Waals surface area contributed by atoms with Crippen LogP contribution in [0.3, 0.4) is 0 Å². The van der Waals surface area contributed by atoms with Crippen LogP contribution < -0.4 is 0 Å². The van der Waals surface area contributed by atoms with Gasteiger partial charge in [-0.2, -0.15) is 0 Å². The number of hydrogen-bond acceptors (Lipinski definition) is 4. The Bertz CT molecular complexity index is 811. The molecule has 0 aromatic carbocycles. The molecule has 7 heteroatoms. The first kappa shape index (κ1) is 17.7. The average molecular weight is 367 g/mol. The van der Waals surface area contributed by atoms with Crippen molar-refractivity contribution in [2.75, 3.05) is 26.7 Å². The number of likely N-dealkylation sites (tertiary alicyclic amines) is 2. The first-order chi connectivity index (χ1) is 13.1. The van der Waals surface area contributed by atoms with Crippen LogP contribution in [0.1, 0.15) is 36.7 Å². The summed E-state index contributed by atoms with van der Waals surface area (Å²) in [5.41, 5.74) is 1.01. The zero-order valence-corrected chi connectivity index (χ0v) is 15.6. The molecular formula is C20H25N5O2. The van der Waals surface area contributed by atoms with E-state index in [1.54, 1.807) is 18.1 Å². The monoisotopic (exact) mass is 367 g/mol. The highest BCUT2D eigenvalue weighted by atomic mass is 16.2. The Hall–Kier alpha value is -2.70. The summed E-state index contributed by atoms with van der Waals surface area (Å²) in [5.74, 6) is 1.44. The number of pyridine rings is 1. The summed E-state index contributed by atoms with van der Waals surface area (Å²) in [4.78, 5) is 37.0. The van der Waals surface area contributed by atoms with Gasteiger partial charge in [0.25, 0.3) is 0 Å². The van der Waals surface area contributed by atoms with Crippen molar-refractivity contribution >= 4 is 11.8 Å². The van der Waals surface area contributed by atoms with Gasteiger partial charge >= 0.3 is 0 Å². The summed E-state index contributed by atoms with van der Waals surface area (Å²) < 4.78 is 2.16. The van der Waals surface area contributed by atoms with Gasteiger partial charge in [-0.1, -0.05) is 6.07 Å². The minimum atomic E-state index is -0.176. The van der Waals surface area contributed by atoms with Crippen molar-refractivity contribution in [3.63, 3.8) is 0 Å². The SMILES string of the molecule is CN1CC(C(=O)N2CCC(c3nccn3Cc3ccccn3)CC2)CC1=O.